The number of aldehydes is 1. The molecule has 8 heteroatoms. The number of benzene rings is 1. The average molecular weight is 569 g/mol. The van der Waals surface area contributed by atoms with Crippen molar-refractivity contribution in [3.63, 3.8) is 0 Å². The van der Waals surface area contributed by atoms with Crippen molar-refractivity contribution in [1.29, 1.82) is 0 Å². The van der Waals surface area contributed by atoms with Gasteiger partial charge in [-0.1, -0.05) is 71.4 Å². The van der Waals surface area contributed by atoms with Gasteiger partial charge in [-0.3, -0.25) is 0 Å². The van der Waals surface area contributed by atoms with E-state index in [-0.39, 0.29) is 34.3 Å². The van der Waals surface area contributed by atoms with Crippen molar-refractivity contribution in [3.05, 3.63) is 41.4 Å². The Morgan fingerprint density at radius 2 is 1.73 bits per heavy atom. The molecule has 3 unspecified atom stereocenters. The van der Waals surface area contributed by atoms with E-state index in [0.29, 0.717) is 30.4 Å². The van der Waals surface area contributed by atoms with Gasteiger partial charge in [0, 0.05) is 17.4 Å². The summed E-state index contributed by atoms with van der Waals surface area (Å²) in [4.78, 5) is 11.2. The van der Waals surface area contributed by atoms with E-state index >= 15 is 0 Å². The van der Waals surface area contributed by atoms with E-state index in [0.717, 1.165) is 12.7 Å². The quantitative estimate of drug-likeness (QED) is 0.145. The number of hydrogen-bond donors (Lipinski definition) is 0. The molecule has 1 aromatic carbocycles. The van der Waals surface area contributed by atoms with E-state index in [1.54, 1.807) is 0 Å². The molecule has 1 heterocycles. The van der Waals surface area contributed by atoms with Crippen LogP contribution in [-0.2, 0) is 18.4 Å². The first-order chi connectivity index (χ1) is 17.0. The normalized spacial score (nSPS) is 22.4. The van der Waals surface area contributed by atoms with Crippen LogP contribution in [0.3, 0.4) is 0 Å². The summed E-state index contributed by atoms with van der Waals surface area (Å²) in [6, 6.07) is 7.42. The molecule has 1 fully saturated rings. The summed E-state index contributed by atoms with van der Waals surface area (Å²) in [6.07, 6.45) is 6.02. The van der Waals surface area contributed by atoms with Gasteiger partial charge in [0.1, 0.15) is 18.6 Å². The van der Waals surface area contributed by atoms with E-state index in [4.69, 9.17) is 29.9 Å². The number of carbonyl (C=O) groups is 1. The van der Waals surface area contributed by atoms with Crippen LogP contribution >= 0.6 is 11.6 Å². The fourth-order valence-electron chi connectivity index (χ4n) is 3.80. The average Bonchev–Trinajstić information content (AvgIpc) is 3.13. The molecule has 1 aliphatic heterocycles. The van der Waals surface area contributed by atoms with Gasteiger partial charge >= 0.3 is 0 Å². The van der Waals surface area contributed by atoms with Crippen molar-refractivity contribution in [2.45, 2.75) is 109 Å². The maximum atomic E-state index is 11.2. The first kappa shape index (κ1) is 32.2. The Morgan fingerprint density at radius 3 is 2.30 bits per heavy atom. The zero-order chi connectivity index (χ0) is 28.1. The van der Waals surface area contributed by atoms with Crippen LogP contribution in [0, 0.1) is 5.92 Å². The fraction of sp³-hybridized carbons (Fsp3) is 0.690. The second-order valence-electron chi connectivity index (χ2n) is 13.2. The van der Waals surface area contributed by atoms with E-state index in [1.807, 2.05) is 24.3 Å². The molecule has 0 amide bonds. The minimum Gasteiger partial charge on any atom is -0.491 e. The highest BCUT2D eigenvalue weighted by Gasteiger charge is 2.45. The molecule has 0 aromatic heterocycles. The SMILES string of the molecule is CC(C)(C)[Si](C)(C)OC(/C=C/[C@H]1OCC(O[Si](C)(C)C(C)(C)C)C1CCC=O)COc1cccc(Cl)c1. The van der Waals surface area contributed by atoms with Gasteiger partial charge in [0.2, 0.25) is 0 Å². The molecule has 2 rings (SSSR count). The maximum absolute atomic E-state index is 11.2. The van der Waals surface area contributed by atoms with Crippen molar-refractivity contribution in [2.24, 2.45) is 5.92 Å². The summed E-state index contributed by atoms with van der Waals surface area (Å²) in [5, 5.41) is 0.809. The van der Waals surface area contributed by atoms with Crippen molar-refractivity contribution >= 4 is 34.5 Å². The monoisotopic (exact) mass is 568 g/mol. The molecule has 37 heavy (non-hydrogen) atoms. The third-order valence-corrected chi connectivity index (χ3v) is 17.4. The summed E-state index contributed by atoms with van der Waals surface area (Å²) in [7, 11) is -4.04. The van der Waals surface area contributed by atoms with Gasteiger partial charge in [-0.15, -0.1) is 0 Å². The third kappa shape index (κ3) is 9.32. The van der Waals surface area contributed by atoms with Crippen LogP contribution in [0.5, 0.6) is 5.75 Å². The molecule has 0 aliphatic carbocycles. The summed E-state index contributed by atoms with van der Waals surface area (Å²) in [6.45, 7) is 23.4. The van der Waals surface area contributed by atoms with Crippen LogP contribution in [0.2, 0.25) is 41.3 Å². The second-order valence-corrected chi connectivity index (χ2v) is 23.1. The van der Waals surface area contributed by atoms with Crippen LogP contribution in [0.15, 0.2) is 36.4 Å². The lowest BCUT2D eigenvalue weighted by Gasteiger charge is -2.39. The number of rotatable bonds is 12. The molecule has 0 radical (unpaired) electrons. The second kappa shape index (κ2) is 12.9. The van der Waals surface area contributed by atoms with E-state index in [1.165, 1.54) is 0 Å². The Kier molecular flexibility index (Phi) is 11.3. The highest BCUT2D eigenvalue weighted by Crippen LogP contribution is 2.41. The topological polar surface area (TPSA) is 54.0 Å². The smallest absolute Gasteiger partial charge is 0.193 e. The Morgan fingerprint density at radius 1 is 1.08 bits per heavy atom. The molecule has 4 atom stereocenters. The van der Waals surface area contributed by atoms with Crippen molar-refractivity contribution in [2.75, 3.05) is 13.2 Å². The molecular formula is C29H49ClO5Si2. The fourth-order valence-corrected chi connectivity index (χ4v) is 6.59. The first-order valence-corrected chi connectivity index (χ1v) is 19.6. The number of ether oxygens (including phenoxy) is 2. The molecular weight excluding hydrogens is 520 g/mol. The number of hydrogen-bond acceptors (Lipinski definition) is 5. The summed E-state index contributed by atoms with van der Waals surface area (Å²) in [5.74, 6) is 0.839. The molecule has 5 nitrogen and oxygen atoms in total. The summed E-state index contributed by atoms with van der Waals surface area (Å²) in [5.41, 5.74) is 0. The molecule has 0 saturated carbocycles. The lowest BCUT2D eigenvalue weighted by atomic mass is 9.93. The van der Waals surface area contributed by atoms with Crippen LogP contribution < -0.4 is 4.74 Å². The van der Waals surface area contributed by atoms with Crippen LogP contribution in [0.25, 0.3) is 0 Å². The number of carbonyl (C=O) groups excluding carboxylic acids is 1. The standard InChI is InChI=1S/C29H49ClO5Si2/c1-28(2,3)36(7,8)34-24(20-32-23-14-11-13-22(30)19-23)16-17-26-25(15-12-18-31)27(21-33-26)35-37(9,10)29(4,5)6/h11,13-14,16-19,24-27H,12,15,20-21H2,1-10H3/b17-16+/t24?,25?,26-,27?/m1/s1. The predicted octanol–water partition coefficient (Wildman–Crippen LogP) is 8.05. The highest BCUT2D eigenvalue weighted by atomic mass is 35.5. The predicted molar refractivity (Wildman–Crippen MR) is 159 cm³/mol. The Bertz CT molecular complexity index is 904. The zero-order valence-corrected chi connectivity index (χ0v) is 27.4. The van der Waals surface area contributed by atoms with Gasteiger partial charge in [-0.2, -0.15) is 0 Å². The highest BCUT2D eigenvalue weighted by molar-refractivity contribution is 6.74. The largest absolute Gasteiger partial charge is 0.491 e. The summed E-state index contributed by atoms with van der Waals surface area (Å²) < 4.78 is 25.8. The minimum absolute atomic E-state index is 0.0158. The van der Waals surface area contributed by atoms with Crippen LogP contribution in [-0.4, -0.2) is 54.4 Å². The van der Waals surface area contributed by atoms with Gasteiger partial charge in [-0.25, -0.2) is 0 Å². The summed E-state index contributed by atoms with van der Waals surface area (Å²) >= 11 is 6.15. The molecule has 1 saturated heterocycles. The lowest BCUT2D eigenvalue weighted by molar-refractivity contribution is -0.108. The van der Waals surface area contributed by atoms with Gasteiger partial charge in [0.15, 0.2) is 16.6 Å². The molecule has 1 aromatic rings. The van der Waals surface area contributed by atoms with Crippen LogP contribution in [0.4, 0.5) is 0 Å². The van der Waals surface area contributed by atoms with Gasteiger partial charge in [-0.05, 0) is 60.9 Å². The Labute approximate surface area is 232 Å². The molecule has 0 bridgehead atoms. The lowest BCUT2D eigenvalue weighted by Crippen LogP contribution is -2.46. The third-order valence-electron chi connectivity index (χ3n) is 8.20. The van der Waals surface area contributed by atoms with Gasteiger partial charge in [0.05, 0.1) is 24.9 Å². The van der Waals surface area contributed by atoms with Crippen LogP contribution in [0.1, 0.15) is 54.4 Å². The maximum Gasteiger partial charge on any atom is 0.193 e. The molecule has 0 N–H and O–H groups in total. The zero-order valence-electron chi connectivity index (χ0n) is 24.6. The van der Waals surface area contributed by atoms with Crippen molar-refractivity contribution in [3.8, 4) is 5.75 Å². The Hall–Kier alpha value is -0.966. The molecule has 210 valence electrons. The number of halogens is 1. The van der Waals surface area contributed by atoms with Gasteiger partial charge < -0.3 is 23.1 Å². The Balaban J connectivity index is 2.23. The first-order valence-electron chi connectivity index (χ1n) is 13.4. The van der Waals surface area contributed by atoms with E-state index in [9.17, 15) is 4.79 Å². The van der Waals surface area contributed by atoms with E-state index < -0.39 is 16.6 Å². The molecule has 0 spiro atoms. The molecule has 1 aliphatic rings. The van der Waals surface area contributed by atoms with E-state index in [2.05, 4.69) is 79.9 Å². The van der Waals surface area contributed by atoms with Crippen molar-refractivity contribution < 1.29 is 23.1 Å². The van der Waals surface area contributed by atoms with Crippen molar-refractivity contribution in [1.82, 2.24) is 0 Å². The van der Waals surface area contributed by atoms with Gasteiger partial charge in [0.25, 0.3) is 0 Å². The minimum atomic E-state index is -2.06.